The van der Waals surface area contributed by atoms with Crippen molar-refractivity contribution in [3.8, 4) is 0 Å². The Labute approximate surface area is 149 Å². The number of rotatable bonds is 6. The minimum Gasteiger partial charge on any atom is -0.338 e. The van der Waals surface area contributed by atoms with Crippen LogP contribution in [0, 0.1) is 5.82 Å². The van der Waals surface area contributed by atoms with Gasteiger partial charge in [0.05, 0.1) is 10.2 Å². The van der Waals surface area contributed by atoms with Gasteiger partial charge < -0.3 is 11.1 Å². The van der Waals surface area contributed by atoms with Crippen LogP contribution in [0.4, 0.5) is 20.7 Å². The molecule has 1 aromatic heterocycles. The fourth-order valence-corrected chi connectivity index (χ4v) is 2.06. The molecule has 0 bridgehead atoms. The first kappa shape index (κ1) is 18.8. The average Bonchev–Trinajstić information content (AvgIpc) is 3.04. The summed E-state index contributed by atoms with van der Waals surface area (Å²) in [7, 11) is 0. The van der Waals surface area contributed by atoms with E-state index in [4.69, 9.17) is 5.73 Å². The monoisotopic (exact) mass is 415 g/mol. The number of nitrogens with two attached hydrogens (primary N) is 1. The summed E-state index contributed by atoms with van der Waals surface area (Å²) in [6.45, 7) is 0.821. The zero-order chi connectivity index (χ0) is 18.2. The predicted octanol–water partition coefficient (Wildman–Crippen LogP) is 1.50. The number of urea groups is 1. The number of nitrogens with zero attached hydrogens (tertiary/aromatic N) is 3. The van der Waals surface area contributed by atoms with Crippen LogP contribution in [0.15, 0.2) is 32.3 Å². The second-order valence-corrected chi connectivity index (χ2v) is 5.51. The van der Waals surface area contributed by atoms with E-state index in [1.165, 1.54) is 18.2 Å². The molecule has 134 valence electrons. The van der Waals surface area contributed by atoms with Gasteiger partial charge in [0.25, 0.3) is 0 Å². The third-order valence-corrected chi connectivity index (χ3v) is 3.47. The fraction of sp³-hybridized carbons (Fsp3) is 0.231. The van der Waals surface area contributed by atoms with Gasteiger partial charge in [-0.1, -0.05) is 0 Å². The SMILES string of the molecule is NCCCNC(=O)Nc1nonc1C(=Nc1ccc(F)c(Br)c1)NO. The number of hydroxylamine groups is 1. The van der Waals surface area contributed by atoms with E-state index in [2.05, 4.69) is 46.5 Å². The molecule has 0 fully saturated rings. The molecule has 0 aliphatic heterocycles. The number of hydrogen-bond donors (Lipinski definition) is 5. The van der Waals surface area contributed by atoms with Gasteiger partial charge in [0.2, 0.25) is 5.82 Å². The zero-order valence-electron chi connectivity index (χ0n) is 12.8. The minimum atomic E-state index is -0.549. The molecule has 1 heterocycles. The molecule has 2 amide bonds. The van der Waals surface area contributed by atoms with Crippen LogP contribution in [-0.2, 0) is 0 Å². The molecule has 0 radical (unpaired) electrons. The van der Waals surface area contributed by atoms with Crippen molar-refractivity contribution in [3.63, 3.8) is 0 Å². The number of aromatic nitrogens is 2. The summed E-state index contributed by atoms with van der Waals surface area (Å²) in [5.41, 5.74) is 7.45. The van der Waals surface area contributed by atoms with Gasteiger partial charge in [-0.3, -0.25) is 16.0 Å². The molecule has 25 heavy (non-hydrogen) atoms. The average molecular weight is 416 g/mol. The Morgan fingerprint density at radius 2 is 2.24 bits per heavy atom. The van der Waals surface area contributed by atoms with E-state index >= 15 is 0 Å². The van der Waals surface area contributed by atoms with Gasteiger partial charge in [-0.2, -0.15) is 0 Å². The molecule has 0 spiro atoms. The van der Waals surface area contributed by atoms with E-state index in [1.54, 1.807) is 0 Å². The van der Waals surface area contributed by atoms with Crippen molar-refractivity contribution in [3.05, 3.63) is 34.2 Å². The highest BCUT2D eigenvalue weighted by Crippen LogP contribution is 2.23. The summed E-state index contributed by atoms with van der Waals surface area (Å²) in [5, 5.41) is 21.4. The number of carbonyl (C=O) groups is 1. The summed E-state index contributed by atoms with van der Waals surface area (Å²) >= 11 is 3.04. The van der Waals surface area contributed by atoms with Gasteiger partial charge in [-0.15, -0.1) is 0 Å². The largest absolute Gasteiger partial charge is 0.338 e. The molecular formula is C13H15BrFN7O3. The lowest BCUT2D eigenvalue weighted by molar-refractivity contribution is 0.234. The summed E-state index contributed by atoms with van der Waals surface area (Å²) in [6.07, 6.45) is 0.613. The Balaban J connectivity index is 2.18. The van der Waals surface area contributed by atoms with Crippen molar-refractivity contribution >= 4 is 39.3 Å². The van der Waals surface area contributed by atoms with Gasteiger partial charge in [-0.25, -0.2) is 18.8 Å². The molecule has 12 heteroatoms. The van der Waals surface area contributed by atoms with Crippen molar-refractivity contribution in [1.82, 2.24) is 21.1 Å². The number of amidine groups is 1. The molecule has 0 unspecified atom stereocenters. The number of hydrogen-bond acceptors (Lipinski definition) is 7. The molecule has 0 aliphatic rings. The highest BCUT2D eigenvalue weighted by molar-refractivity contribution is 9.10. The lowest BCUT2D eigenvalue weighted by Gasteiger charge is -2.06. The third-order valence-electron chi connectivity index (χ3n) is 2.86. The molecule has 0 aliphatic carbocycles. The first-order valence-corrected chi connectivity index (χ1v) is 7.86. The van der Waals surface area contributed by atoms with E-state index in [9.17, 15) is 14.4 Å². The van der Waals surface area contributed by atoms with Gasteiger partial charge in [-0.05, 0) is 57.4 Å². The predicted molar refractivity (Wildman–Crippen MR) is 90.2 cm³/mol. The number of halogens is 2. The molecule has 2 aromatic rings. The summed E-state index contributed by atoms with van der Waals surface area (Å²) < 4.78 is 18.0. The molecule has 0 saturated heterocycles. The van der Waals surface area contributed by atoms with Crippen LogP contribution in [0.25, 0.3) is 0 Å². The van der Waals surface area contributed by atoms with Crippen molar-refractivity contribution in [2.45, 2.75) is 6.42 Å². The Kier molecular flexibility index (Phi) is 6.80. The van der Waals surface area contributed by atoms with Gasteiger partial charge >= 0.3 is 6.03 Å². The summed E-state index contributed by atoms with van der Waals surface area (Å²) in [5.74, 6) is -0.680. The van der Waals surface area contributed by atoms with Gasteiger partial charge in [0.15, 0.2) is 11.5 Å². The van der Waals surface area contributed by atoms with Crippen LogP contribution in [0.1, 0.15) is 12.1 Å². The first-order chi connectivity index (χ1) is 12.0. The zero-order valence-corrected chi connectivity index (χ0v) is 14.4. The summed E-state index contributed by atoms with van der Waals surface area (Å²) in [4.78, 5) is 15.8. The lowest BCUT2D eigenvalue weighted by atomic mass is 10.3. The van der Waals surface area contributed by atoms with Gasteiger partial charge in [0.1, 0.15) is 5.82 Å². The number of aliphatic imine (C=N–C) groups is 1. The molecule has 2 rings (SSSR count). The number of benzene rings is 1. The van der Waals surface area contributed by atoms with E-state index < -0.39 is 11.8 Å². The minimum absolute atomic E-state index is 0.0445. The fourth-order valence-electron chi connectivity index (χ4n) is 1.70. The molecule has 10 nitrogen and oxygen atoms in total. The molecule has 0 saturated carbocycles. The molecule has 1 aromatic carbocycles. The normalized spacial score (nSPS) is 11.3. The second-order valence-electron chi connectivity index (χ2n) is 4.66. The van der Waals surface area contributed by atoms with Crippen LogP contribution in [0.2, 0.25) is 0 Å². The molecule has 6 N–H and O–H groups in total. The maximum Gasteiger partial charge on any atom is 0.320 e. The van der Waals surface area contributed by atoms with Crippen molar-refractivity contribution in [2.75, 3.05) is 18.4 Å². The first-order valence-electron chi connectivity index (χ1n) is 7.07. The maximum absolute atomic E-state index is 13.3. The van der Waals surface area contributed by atoms with Crippen LogP contribution >= 0.6 is 15.9 Å². The topological polar surface area (TPSA) is 151 Å². The quantitative estimate of drug-likeness (QED) is 0.207. The smallest absolute Gasteiger partial charge is 0.320 e. The van der Waals surface area contributed by atoms with Crippen molar-refractivity contribution < 1.29 is 19.0 Å². The number of nitrogens with one attached hydrogen (secondary N) is 3. The van der Waals surface area contributed by atoms with Crippen LogP contribution < -0.4 is 21.8 Å². The Morgan fingerprint density at radius 3 is 2.92 bits per heavy atom. The van der Waals surface area contributed by atoms with Crippen molar-refractivity contribution in [2.24, 2.45) is 10.7 Å². The number of anilines is 1. The highest BCUT2D eigenvalue weighted by Gasteiger charge is 2.18. The second kappa shape index (κ2) is 9.05. The maximum atomic E-state index is 13.3. The van der Waals surface area contributed by atoms with Crippen LogP contribution in [0.5, 0.6) is 0 Å². The van der Waals surface area contributed by atoms with Gasteiger partial charge in [0, 0.05) is 6.54 Å². The van der Waals surface area contributed by atoms with E-state index in [0.717, 1.165) is 0 Å². The lowest BCUT2D eigenvalue weighted by Crippen LogP contribution is -2.32. The highest BCUT2D eigenvalue weighted by atomic mass is 79.9. The standard InChI is InChI=1S/C13H15BrFN7O3/c14-8-6-7(2-3-9(8)15)18-11(20-24)10-12(22-25-21-10)19-13(23)17-5-1-4-16/h2-3,6,24H,1,4-5,16H2,(H,18,20)(H2,17,19,22,23). The Bertz CT molecular complexity index is 768. The third kappa shape index (κ3) is 5.20. The van der Waals surface area contributed by atoms with E-state index in [-0.39, 0.29) is 21.8 Å². The number of amides is 2. The molecular weight excluding hydrogens is 401 g/mol. The summed E-state index contributed by atoms with van der Waals surface area (Å²) in [6, 6.07) is 3.43. The van der Waals surface area contributed by atoms with E-state index in [0.29, 0.717) is 25.2 Å². The van der Waals surface area contributed by atoms with Crippen molar-refractivity contribution in [1.29, 1.82) is 0 Å². The molecule has 0 atom stereocenters. The van der Waals surface area contributed by atoms with Crippen LogP contribution in [0.3, 0.4) is 0 Å². The Morgan fingerprint density at radius 1 is 1.44 bits per heavy atom. The number of carbonyl (C=O) groups excluding carboxylic acids is 1. The Hall–Kier alpha value is -2.57. The van der Waals surface area contributed by atoms with Crippen LogP contribution in [-0.4, -0.2) is 40.5 Å². The van der Waals surface area contributed by atoms with E-state index in [1.807, 2.05) is 5.48 Å².